The van der Waals surface area contributed by atoms with Crippen LogP contribution >= 0.6 is 0 Å². The largest absolute Gasteiger partial charge is 0.481 e. The number of hydrogen-bond acceptors (Lipinski definition) is 3. The molecule has 0 atom stereocenters. The van der Waals surface area contributed by atoms with E-state index in [1.165, 1.54) is 0 Å². The number of rotatable bonds is 3. The Labute approximate surface area is 105 Å². The highest BCUT2D eigenvalue weighted by Gasteiger charge is 2.32. The van der Waals surface area contributed by atoms with E-state index in [0.29, 0.717) is 6.54 Å². The molecule has 1 aliphatic heterocycles. The van der Waals surface area contributed by atoms with Crippen molar-refractivity contribution in [2.75, 3.05) is 32.7 Å². The van der Waals surface area contributed by atoms with Gasteiger partial charge in [0.25, 0.3) is 0 Å². The van der Waals surface area contributed by atoms with Gasteiger partial charge in [-0.2, -0.15) is 0 Å². The molecule has 0 spiro atoms. The monoisotopic (exact) mass is 242 g/mol. The van der Waals surface area contributed by atoms with E-state index in [-0.39, 0.29) is 5.54 Å². The minimum atomic E-state index is -0.712. The molecule has 1 fully saturated rings. The standard InChI is InChI=1S/C13H26N2O2/c1-12(2,3)15-8-6-14(7-9-15)10-13(4,5)11(16)17/h6-10H2,1-5H3,(H,16,17). The summed E-state index contributed by atoms with van der Waals surface area (Å²) in [5, 5.41) is 9.12. The van der Waals surface area contributed by atoms with Gasteiger partial charge in [0.1, 0.15) is 0 Å². The summed E-state index contributed by atoms with van der Waals surface area (Å²) in [6.07, 6.45) is 0. The maximum absolute atomic E-state index is 11.1. The van der Waals surface area contributed by atoms with Crippen molar-refractivity contribution in [2.45, 2.75) is 40.2 Å². The molecule has 4 nitrogen and oxygen atoms in total. The van der Waals surface area contributed by atoms with Gasteiger partial charge < -0.3 is 5.11 Å². The zero-order valence-corrected chi connectivity index (χ0v) is 11.8. The predicted molar refractivity (Wildman–Crippen MR) is 69.2 cm³/mol. The molecule has 0 amide bonds. The van der Waals surface area contributed by atoms with Crippen molar-refractivity contribution in [3.8, 4) is 0 Å². The predicted octanol–water partition coefficient (Wildman–Crippen LogP) is 1.51. The van der Waals surface area contributed by atoms with E-state index < -0.39 is 11.4 Å². The Morgan fingerprint density at radius 1 is 1.06 bits per heavy atom. The lowest BCUT2D eigenvalue weighted by Crippen LogP contribution is -2.55. The lowest BCUT2D eigenvalue weighted by atomic mass is 9.92. The molecule has 17 heavy (non-hydrogen) atoms. The fourth-order valence-electron chi connectivity index (χ4n) is 2.20. The van der Waals surface area contributed by atoms with E-state index in [0.717, 1.165) is 26.2 Å². The average Bonchev–Trinajstić information content (AvgIpc) is 2.16. The highest BCUT2D eigenvalue weighted by atomic mass is 16.4. The summed E-state index contributed by atoms with van der Waals surface area (Å²) in [5.74, 6) is -0.712. The van der Waals surface area contributed by atoms with Crippen LogP contribution in [0.5, 0.6) is 0 Å². The first-order valence-electron chi connectivity index (χ1n) is 6.34. The van der Waals surface area contributed by atoms with Crippen LogP contribution in [-0.2, 0) is 4.79 Å². The normalized spacial score (nSPS) is 20.5. The molecular weight excluding hydrogens is 216 g/mol. The maximum Gasteiger partial charge on any atom is 0.310 e. The third kappa shape index (κ3) is 3.96. The Morgan fingerprint density at radius 2 is 1.53 bits per heavy atom. The van der Waals surface area contributed by atoms with E-state index >= 15 is 0 Å². The van der Waals surface area contributed by atoms with Gasteiger partial charge in [0, 0.05) is 38.3 Å². The summed E-state index contributed by atoms with van der Waals surface area (Å²) in [7, 11) is 0. The van der Waals surface area contributed by atoms with E-state index in [1.54, 1.807) is 13.8 Å². The molecule has 1 rings (SSSR count). The number of carboxylic acids is 1. The number of aliphatic carboxylic acids is 1. The van der Waals surface area contributed by atoms with E-state index in [2.05, 4.69) is 30.6 Å². The van der Waals surface area contributed by atoms with Gasteiger partial charge in [0.05, 0.1) is 5.41 Å². The molecule has 0 aromatic heterocycles. The molecular formula is C13H26N2O2. The van der Waals surface area contributed by atoms with Gasteiger partial charge in [-0.3, -0.25) is 14.6 Å². The fraction of sp³-hybridized carbons (Fsp3) is 0.923. The van der Waals surface area contributed by atoms with Crippen LogP contribution in [0.4, 0.5) is 0 Å². The van der Waals surface area contributed by atoms with Gasteiger partial charge in [-0.05, 0) is 34.6 Å². The zero-order valence-electron chi connectivity index (χ0n) is 11.8. The van der Waals surface area contributed by atoms with E-state index in [1.807, 2.05) is 0 Å². The topological polar surface area (TPSA) is 43.8 Å². The first kappa shape index (κ1) is 14.5. The Bertz CT molecular complexity index is 274. The lowest BCUT2D eigenvalue weighted by Gasteiger charge is -2.43. The van der Waals surface area contributed by atoms with Crippen LogP contribution in [0.1, 0.15) is 34.6 Å². The Kier molecular flexibility index (Phi) is 4.20. The summed E-state index contributed by atoms with van der Waals surface area (Å²) < 4.78 is 0. The van der Waals surface area contributed by atoms with Crippen LogP contribution in [0.25, 0.3) is 0 Å². The number of nitrogens with zero attached hydrogens (tertiary/aromatic N) is 2. The van der Waals surface area contributed by atoms with E-state index in [9.17, 15) is 4.79 Å². The molecule has 0 radical (unpaired) electrons. The van der Waals surface area contributed by atoms with Gasteiger partial charge in [0.2, 0.25) is 0 Å². The molecule has 1 saturated heterocycles. The molecule has 0 aromatic carbocycles. The first-order valence-corrected chi connectivity index (χ1v) is 6.34. The summed E-state index contributed by atoms with van der Waals surface area (Å²) in [4.78, 5) is 15.8. The van der Waals surface area contributed by atoms with Crippen molar-refractivity contribution in [2.24, 2.45) is 5.41 Å². The van der Waals surface area contributed by atoms with Gasteiger partial charge in [-0.25, -0.2) is 0 Å². The van der Waals surface area contributed by atoms with Gasteiger partial charge in [-0.15, -0.1) is 0 Å². The molecule has 1 aliphatic rings. The van der Waals surface area contributed by atoms with Crippen molar-refractivity contribution in [3.63, 3.8) is 0 Å². The Morgan fingerprint density at radius 3 is 1.88 bits per heavy atom. The highest BCUT2D eigenvalue weighted by molar-refractivity contribution is 5.73. The molecule has 1 heterocycles. The second kappa shape index (κ2) is 4.94. The SMILES string of the molecule is CC(C)(CN1CCN(C(C)(C)C)CC1)C(=O)O. The Balaban J connectivity index is 2.46. The van der Waals surface area contributed by atoms with Crippen LogP contribution in [0, 0.1) is 5.41 Å². The lowest BCUT2D eigenvalue weighted by molar-refractivity contribution is -0.148. The molecule has 1 N–H and O–H groups in total. The third-order valence-corrected chi connectivity index (χ3v) is 3.52. The van der Waals surface area contributed by atoms with Crippen molar-refractivity contribution in [3.05, 3.63) is 0 Å². The molecule has 0 aromatic rings. The van der Waals surface area contributed by atoms with Crippen molar-refractivity contribution in [1.29, 1.82) is 0 Å². The summed E-state index contributed by atoms with van der Waals surface area (Å²) >= 11 is 0. The number of piperazine rings is 1. The number of hydrogen-bond donors (Lipinski definition) is 1. The summed E-state index contributed by atoms with van der Waals surface area (Å²) in [5.41, 5.74) is -0.432. The van der Waals surface area contributed by atoms with Crippen LogP contribution < -0.4 is 0 Å². The molecule has 100 valence electrons. The smallest absolute Gasteiger partial charge is 0.310 e. The van der Waals surface area contributed by atoms with Crippen LogP contribution in [0.3, 0.4) is 0 Å². The van der Waals surface area contributed by atoms with Crippen LogP contribution in [-0.4, -0.2) is 59.1 Å². The number of carbonyl (C=O) groups is 1. The minimum absolute atomic E-state index is 0.217. The van der Waals surface area contributed by atoms with Gasteiger partial charge >= 0.3 is 5.97 Å². The summed E-state index contributed by atoms with van der Waals surface area (Å²) in [6, 6.07) is 0. The second-order valence-electron chi connectivity index (χ2n) is 6.62. The molecule has 0 saturated carbocycles. The first-order chi connectivity index (χ1) is 7.63. The molecule has 0 aliphatic carbocycles. The highest BCUT2D eigenvalue weighted by Crippen LogP contribution is 2.20. The molecule has 4 heteroatoms. The van der Waals surface area contributed by atoms with Gasteiger partial charge in [0.15, 0.2) is 0 Å². The zero-order chi connectivity index (χ0) is 13.3. The van der Waals surface area contributed by atoms with Crippen LogP contribution in [0.2, 0.25) is 0 Å². The fourth-order valence-corrected chi connectivity index (χ4v) is 2.20. The van der Waals surface area contributed by atoms with E-state index in [4.69, 9.17) is 5.11 Å². The third-order valence-electron chi connectivity index (χ3n) is 3.52. The van der Waals surface area contributed by atoms with Gasteiger partial charge in [-0.1, -0.05) is 0 Å². The number of carboxylic acid groups (broad SMARTS) is 1. The van der Waals surface area contributed by atoms with Crippen molar-refractivity contribution in [1.82, 2.24) is 9.80 Å². The Hall–Kier alpha value is -0.610. The molecule has 0 bridgehead atoms. The maximum atomic E-state index is 11.1. The van der Waals surface area contributed by atoms with Crippen molar-refractivity contribution < 1.29 is 9.90 Å². The van der Waals surface area contributed by atoms with Crippen LogP contribution in [0.15, 0.2) is 0 Å². The quantitative estimate of drug-likeness (QED) is 0.815. The average molecular weight is 242 g/mol. The minimum Gasteiger partial charge on any atom is -0.481 e. The van der Waals surface area contributed by atoms with Crippen molar-refractivity contribution >= 4 is 5.97 Å². The summed E-state index contributed by atoms with van der Waals surface area (Å²) in [6.45, 7) is 14.9. The molecule has 0 unspecified atom stereocenters. The second-order valence-corrected chi connectivity index (χ2v) is 6.62.